The lowest BCUT2D eigenvalue weighted by molar-refractivity contribution is 0.612. The molecule has 2 aromatic heterocycles. The summed E-state index contributed by atoms with van der Waals surface area (Å²) < 4.78 is 13.7. The van der Waals surface area contributed by atoms with Gasteiger partial charge < -0.3 is 5.73 Å². The Morgan fingerprint density at radius 2 is 2.05 bits per heavy atom. The van der Waals surface area contributed by atoms with Gasteiger partial charge in [-0.25, -0.2) is 14.4 Å². The van der Waals surface area contributed by atoms with Gasteiger partial charge in [0, 0.05) is 11.3 Å². The summed E-state index contributed by atoms with van der Waals surface area (Å²) in [6.45, 7) is 2.09. The van der Waals surface area contributed by atoms with Crippen molar-refractivity contribution < 1.29 is 4.39 Å². The zero-order valence-electron chi connectivity index (χ0n) is 11.1. The first-order valence-electron chi connectivity index (χ1n) is 6.45. The van der Waals surface area contributed by atoms with E-state index in [0.29, 0.717) is 23.6 Å². The molecule has 0 amide bonds. The Balaban J connectivity index is 2.02. The Morgan fingerprint density at radius 1 is 1.25 bits per heavy atom. The lowest BCUT2D eigenvalue weighted by Crippen LogP contribution is -2.02. The number of anilines is 1. The van der Waals surface area contributed by atoms with Crippen LogP contribution in [0.4, 0.5) is 10.2 Å². The van der Waals surface area contributed by atoms with E-state index in [9.17, 15) is 4.39 Å². The highest BCUT2D eigenvalue weighted by Gasteiger charge is 2.11. The van der Waals surface area contributed by atoms with Gasteiger partial charge in [0.2, 0.25) is 0 Å². The molecule has 0 aliphatic heterocycles. The minimum Gasteiger partial charge on any atom is -0.383 e. The van der Waals surface area contributed by atoms with E-state index < -0.39 is 0 Å². The van der Waals surface area contributed by atoms with Crippen LogP contribution in [0.3, 0.4) is 0 Å². The van der Waals surface area contributed by atoms with Crippen LogP contribution in [0.5, 0.6) is 0 Å². The predicted molar refractivity (Wildman–Crippen MR) is 80.4 cm³/mol. The molecule has 2 heterocycles. The summed E-state index contributed by atoms with van der Waals surface area (Å²) in [6, 6.07) is 8.69. The molecule has 0 bridgehead atoms. The number of hydrogen-bond donors (Lipinski definition) is 1. The van der Waals surface area contributed by atoms with E-state index in [-0.39, 0.29) is 5.82 Å². The summed E-state index contributed by atoms with van der Waals surface area (Å²) in [6.07, 6.45) is 1.30. The first-order valence-corrected chi connectivity index (χ1v) is 7.27. The Kier molecular flexibility index (Phi) is 3.36. The zero-order chi connectivity index (χ0) is 14.1. The highest BCUT2D eigenvalue weighted by atomic mass is 32.1. The fourth-order valence-electron chi connectivity index (χ4n) is 2.10. The van der Waals surface area contributed by atoms with Gasteiger partial charge in [0.25, 0.3) is 0 Å². The number of rotatable bonds is 3. The standard InChI is InChI=1S/C15H14FN3S/c1-2-10-8-11-14(17)18-13(19-15(11)20-10)7-9-5-3-4-6-12(9)16/h3-6,8H,2,7H2,1H3,(H2,17,18,19). The molecule has 2 N–H and O–H groups in total. The van der Waals surface area contributed by atoms with Crippen LogP contribution in [-0.2, 0) is 12.8 Å². The molecule has 20 heavy (non-hydrogen) atoms. The molecule has 0 radical (unpaired) electrons. The van der Waals surface area contributed by atoms with Gasteiger partial charge in [0.1, 0.15) is 22.3 Å². The highest BCUT2D eigenvalue weighted by molar-refractivity contribution is 7.18. The summed E-state index contributed by atoms with van der Waals surface area (Å²) in [7, 11) is 0. The first-order chi connectivity index (χ1) is 9.67. The van der Waals surface area contributed by atoms with Gasteiger partial charge in [-0.1, -0.05) is 25.1 Å². The maximum atomic E-state index is 13.7. The molecule has 5 heteroatoms. The number of aryl methyl sites for hydroxylation is 1. The van der Waals surface area contributed by atoms with Gasteiger partial charge in [-0.05, 0) is 24.1 Å². The Bertz CT molecular complexity index is 767. The van der Waals surface area contributed by atoms with Gasteiger partial charge in [0.15, 0.2) is 0 Å². The minimum absolute atomic E-state index is 0.241. The third kappa shape index (κ3) is 2.36. The van der Waals surface area contributed by atoms with Gasteiger partial charge in [0.05, 0.1) is 5.39 Å². The van der Waals surface area contributed by atoms with Crippen molar-refractivity contribution in [3.63, 3.8) is 0 Å². The van der Waals surface area contributed by atoms with Crippen LogP contribution in [0.1, 0.15) is 23.2 Å². The average Bonchev–Trinajstić information content (AvgIpc) is 2.85. The average molecular weight is 287 g/mol. The molecule has 0 aliphatic carbocycles. The largest absolute Gasteiger partial charge is 0.383 e. The molecule has 3 aromatic rings. The van der Waals surface area contributed by atoms with Crippen LogP contribution in [0, 0.1) is 5.82 Å². The van der Waals surface area contributed by atoms with Crippen LogP contribution in [0.2, 0.25) is 0 Å². The molecule has 0 unspecified atom stereocenters. The van der Waals surface area contributed by atoms with Crippen molar-refractivity contribution in [2.75, 3.05) is 5.73 Å². The van der Waals surface area contributed by atoms with Crippen molar-refractivity contribution in [2.45, 2.75) is 19.8 Å². The van der Waals surface area contributed by atoms with Crippen molar-refractivity contribution in [1.29, 1.82) is 0 Å². The van der Waals surface area contributed by atoms with E-state index in [1.54, 1.807) is 29.5 Å². The van der Waals surface area contributed by atoms with Gasteiger partial charge >= 0.3 is 0 Å². The molecule has 0 spiro atoms. The molecule has 3 nitrogen and oxygen atoms in total. The molecule has 0 fully saturated rings. The van der Waals surface area contributed by atoms with Gasteiger partial charge in [-0.2, -0.15) is 0 Å². The second-order valence-corrected chi connectivity index (χ2v) is 5.69. The number of nitrogen functional groups attached to an aromatic ring is 1. The number of halogens is 1. The number of nitrogens with two attached hydrogens (primary N) is 1. The molecule has 0 saturated heterocycles. The van der Waals surface area contributed by atoms with Gasteiger partial charge in [-0.15, -0.1) is 11.3 Å². The topological polar surface area (TPSA) is 51.8 Å². The molecule has 0 atom stereocenters. The Labute approximate surface area is 120 Å². The Hall–Kier alpha value is -2.01. The van der Waals surface area contributed by atoms with E-state index in [0.717, 1.165) is 16.6 Å². The van der Waals surface area contributed by atoms with Crippen LogP contribution in [0.15, 0.2) is 30.3 Å². The summed E-state index contributed by atoms with van der Waals surface area (Å²) in [4.78, 5) is 10.9. The highest BCUT2D eigenvalue weighted by Crippen LogP contribution is 2.28. The molecule has 102 valence electrons. The third-order valence-electron chi connectivity index (χ3n) is 3.17. The zero-order valence-corrected chi connectivity index (χ0v) is 11.9. The number of thiophene rings is 1. The van der Waals surface area contributed by atoms with Crippen LogP contribution < -0.4 is 5.73 Å². The lowest BCUT2D eigenvalue weighted by atomic mass is 10.1. The van der Waals surface area contributed by atoms with Crippen molar-refractivity contribution in [3.05, 3.63) is 52.4 Å². The van der Waals surface area contributed by atoms with Crippen molar-refractivity contribution >= 4 is 27.4 Å². The fraction of sp³-hybridized carbons (Fsp3) is 0.200. The van der Waals surface area contributed by atoms with E-state index in [2.05, 4.69) is 16.9 Å². The monoisotopic (exact) mass is 287 g/mol. The summed E-state index contributed by atoms with van der Waals surface area (Å²) in [5.74, 6) is 0.789. The van der Waals surface area contributed by atoms with Crippen molar-refractivity contribution in [3.8, 4) is 0 Å². The lowest BCUT2D eigenvalue weighted by Gasteiger charge is -2.03. The molecule has 3 rings (SSSR count). The number of hydrogen-bond acceptors (Lipinski definition) is 4. The summed E-state index contributed by atoms with van der Waals surface area (Å²) >= 11 is 1.62. The van der Waals surface area contributed by atoms with E-state index in [1.807, 2.05) is 6.07 Å². The first kappa shape index (κ1) is 13.0. The molecule has 0 aliphatic rings. The van der Waals surface area contributed by atoms with E-state index in [4.69, 9.17) is 5.73 Å². The maximum absolute atomic E-state index is 13.7. The number of benzene rings is 1. The second kappa shape index (κ2) is 5.17. The summed E-state index contributed by atoms with van der Waals surface area (Å²) in [5.41, 5.74) is 6.56. The van der Waals surface area contributed by atoms with Crippen molar-refractivity contribution in [2.24, 2.45) is 0 Å². The molecular formula is C15H14FN3S. The number of nitrogens with zero attached hydrogens (tertiary/aromatic N) is 2. The number of fused-ring (bicyclic) bond motifs is 1. The fourth-order valence-corrected chi connectivity index (χ4v) is 3.10. The van der Waals surface area contributed by atoms with E-state index >= 15 is 0 Å². The van der Waals surface area contributed by atoms with E-state index in [1.165, 1.54) is 10.9 Å². The van der Waals surface area contributed by atoms with Crippen LogP contribution in [0.25, 0.3) is 10.2 Å². The predicted octanol–water partition coefficient (Wildman–Crippen LogP) is 3.57. The smallest absolute Gasteiger partial charge is 0.136 e. The Morgan fingerprint density at radius 3 is 2.80 bits per heavy atom. The summed E-state index contributed by atoms with van der Waals surface area (Å²) in [5, 5.41) is 0.893. The number of aromatic nitrogens is 2. The second-order valence-electron chi connectivity index (χ2n) is 4.58. The molecule has 1 aromatic carbocycles. The third-order valence-corrected chi connectivity index (χ3v) is 4.35. The molecular weight excluding hydrogens is 273 g/mol. The SMILES string of the molecule is CCc1cc2c(N)nc(Cc3ccccc3F)nc2s1. The van der Waals surface area contributed by atoms with Crippen molar-refractivity contribution in [1.82, 2.24) is 9.97 Å². The van der Waals surface area contributed by atoms with Crippen LogP contribution in [-0.4, -0.2) is 9.97 Å². The quantitative estimate of drug-likeness (QED) is 0.801. The normalized spacial score (nSPS) is 11.1. The van der Waals surface area contributed by atoms with Gasteiger partial charge in [-0.3, -0.25) is 0 Å². The maximum Gasteiger partial charge on any atom is 0.136 e. The molecule has 0 saturated carbocycles. The minimum atomic E-state index is -0.241. The van der Waals surface area contributed by atoms with Crippen LogP contribution >= 0.6 is 11.3 Å².